The summed E-state index contributed by atoms with van der Waals surface area (Å²) in [6.45, 7) is -0.181. The first kappa shape index (κ1) is 23.4. The molecule has 0 heterocycles. The number of carbonyl (C=O) groups excluding carboxylic acids is 3. The van der Waals surface area contributed by atoms with Gasteiger partial charge in [0.25, 0.3) is 5.91 Å². The van der Waals surface area contributed by atoms with Gasteiger partial charge in [-0.3, -0.25) is 4.79 Å². The SMILES string of the molecule is CN(CCC#N)C(=O)COC(=O)[C@H](Cc1ccccc1)NC(=O)OCc1ccccc1. The number of carbonyl (C=O) groups is 3. The van der Waals surface area contributed by atoms with E-state index in [0.29, 0.717) is 0 Å². The largest absolute Gasteiger partial charge is 0.454 e. The molecule has 0 bridgehead atoms. The number of hydrogen-bond donors (Lipinski definition) is 1. The number of rotatable bonds is 10. The Bertz CT molecular complexity index is 896. The molecule has 0 fully saturated rings. The minimum Gasteiger partial charge on any atom is -0.454 e. The highest BCUT2D eigenvalue weighted by Crippen LogP contribution is 2.07. The Balaban J connectivity index is 1.95. The van der Waals surface area contributed by atoms with Gasteiger partial charge in [-0.15, -0.1) is 0 Å². The van der Waals surface area contributed by atoms with Crippen LogP contribution in [0.5, 0.6) is 0 Å². The molecule has 0 aliphatic rings. The van der Waals surface area contributed by atoms with Gasteiger partial charge in [-0.25, -0.2) is 9.59 Å². The van der Waals surface area contributed by atoms with E-state index in [1.807, 2.05) is 66.7 Å². The Hall–Kier alpha value is -3.86. The maximum atomic E-state index is 12.6. The summed E-state index contributed by atoms with van der Waals surface area (Å²) in [7, 11) is 1.52. The van der Waals surface area contributed by atoms with Gasteiger partial charge >= 0.3 is 12.1 Å². The number of amides is 2. The first-order valence-corrected chi connectivity index (χ1v) is 9.78. The second kappa shape index (κ2) is 12.6. The van der Waals surface area contributed by atoms with Crippen molar-refractivity contribution in [3.05, 3.63) is 71.8 Å². The summed E-state index contributed by atoms with van der Waals surface area (Å²) >= 11 is 0. The number of nitriles is 1. The molecule has 2 rings (SSSR count). The highest BCUT2D eigenvalue weighted by Gasteiger charge is 2.25. The van der Waals surface area contributed by atoms with Gasteiger partial charge in [0.2, 0.25) is 0 Å². The van der Waals surface area contributed by atoms with Crippen molar-refractivity contribution in [2.24, 2.45) is 0 Å². The fraction of sp³-hybridized carbons (Fsp3) is 0.304. The Kier molecular flexibility index (Phi) is 9.56. The Labute approximate surface area is 181 Å². The van der Waals surface area contributed by atoms with E-state index in [2.05, 4.69) is 5.32 Å². The number of benzene rings is 2. The van der Waals surface area contributed by atoms with Crippen LogP contribution in [-0.4, -0.2) is 49.1 Å². The van der Waals surface area contributed by atoms with E-state index in [9.17, 15) is 14.4 Å². The first-order valence-electron chi connectivity index (χ1n) is 9.78. The van der Waals surface area contributed by atoms with Crippen LogP contribution in [-0.2, 0) is 32.1 Å². The van der Waals surface area contributed by atoms with Gasteiger partial charge in [-0.1, -0.05) is 60.7 Å². The summed E-state index contributed by atoms with van der Waals surface area (Å²) in [4.78, 5) is 38.2. The molecule has 8 nitrogen and oxygen atoms in total. The van der Waals surface area contributed by atoms with Crippen molar-refractivity contribution in [2.45, 2.75) is 25.5 Å². The second-order valence-corrected chi connectivity index (χ2v) is 6.78. The van der Waals surface area contributed by atoms with E-state index in [-0.39, 0.29) is 26.0 Å². The molecule has 2 amide bonds. The lowest BCUT2D eigenvalue weighted by molar-refractivity contribution is -0.153. The van der Waals surface area contributed by atoms with Gasteiger partial charge in [0, 0.05) is 20.0 Å². The molecule has 2 aromatic carbocycles. The number of nitrogens with one attached hydrogen (secondary N) is 1. The Morgan fingerprint density at radius 1 is 1.00 bits per heavy atom. The maximum Gasteiger partial charge on any atom is 0.408 e. The molecule has 0 unspecified atom stereocenters. The van der Waals surface area contributed by atoms with Gasteiger partial charge in [-0.2, -0.15) is 5.26 Å². The molecule has 0 saturated heterocycles. The summed E-state index contributed by atoms with van der Waals surface area (Å²) in [5, 5.41) is 11.1. The van der Waals surface area contributed by atoms with E-state index < -0.39 is 30.6 Å². The Morgan fingerprint density at radius 3 is 2.23 bits per heavy atom. The van der Waals surface area contributed by atoms with Crippen LogP contribution in [0, 0.1) is 11.3 Å². The molecule has 162 valence electrons. The number of hydrogen-bond acceptors (Lipinski definition) is 6. The van der Waals surface area contributed by atoms with Crippen molar-refractivity contribution < 1.29 is 23.9 Å². The van der Waals surface area contributed by atoms with E-state index >= 15 is 0 Å². The van der Waals surface area contributed by atoms with Crippen LogP contribution >= 0.6 is 0 Å². The average Bonchev–Trinajstić information content (AvgIpc) is 2.80. The number of likely N-dealkylation sites (N-methyl/N-ethyl adjacent to an activating group) is 1. The molecule has 0 aliphatic carbocycles. The molecule has 31 heavy (non-hydrogen) atoms. The molecule has 1 N–H and O–H groups in total. The summed E-state index contributed by atoms with van der Waals surface area (Å²) in [6, 6.07) is 19.2. The zero-order valence-corrected chi connectivity index (χ0v) is 17.3. The minimum atomic E-state index is -1.03. The van der Waals surface area contributed by atoms with Gasteiger partial charge in [0.05, 0.1) is 12.5 Å². The van der Waals surface area contributed by atoms with Crippen LogP contribution in [0.25, 0.3) is 0 Å². The third-order valence-electron chi connectivity index (χ3n) is 4.39. The molecule has 2 aromatic rings. The number of ether oxygens (including phenoxy) is 2. The second-order valence-electron chi connectivity index (χ2n) is 6.78. The third kappa shape index (κ3) is 8.58. The van der Waals surface area contributed by atoms with Crippen LogP contribution in [0.2, 0.25) is 0 Å². The predicted octanol–water partition coefficient (Wildman–Crippen LogP) is 2.44. The monoisotopic (exact) mass is 423 g/mol. The molecule has 8 heteroatoms. The summed E-state index contributed by atoms with van der Waals surface area (Å²) in [6.07, 6.45) is -0.403. The van der Waals surface area contributed by atoms with E-state index in [4.69, 9.17) is 14.7 Å². The van der Waals surface area contributed by atoms with Crippen LogP contribution in [0.3, 0.4) is 0 Å². The van der Waals surface area contributed by atoms with E-state index in [0.717, 1.165) is 11.1 Å². The Morgan fingerprint density at radius 2 is 1.61 bits per heavy atom. The number of nitrogens with zero attached hydrogens (tertiary/aromatic N) is 2. The molecule has 0 aliphatic heterocycles. The minimum absolute atomic E-state index is 0.0575. The molecule has 1 atom stereocenters. The molecule has 0 radical (unpaired) electrons. The highest BCUT2D eigenvalue weighted by molar-refractivity contribution is 5.85. The zero-order chi connectivity index (χ0) is 22.5. The first-order chi connectivity index (χ1) is 15.0. The van der Waals surface area contributed by atoms with Crippen molar-refractivity contribution >= 4 is 18.0 Å². The molecular formula is C23H25N3O5. The van der Waals surface area contributed by atoms with Crippen LogP contribution in [0.4, 0.5) is 4.79 Å². The standard InChI is InChI=1S/C23H25N3O5/c1-26(14-8-13-24)21(27)17-30-22(28)20(15-18-9-4-2-5-10-18)25-23(29)31-16-19-11-6-3-7-12-19/h2-7,9-12,20H,8,14-17H2,1H3,(H,25,29)/t20-/m0/s1. The lowest BCUT2D eigenvalue weighted by Crippen LogP contribution is -2.44. The maximum absolute atomic E-state index is 12.6. The summed E-state index contributed by atoms with van der Waals surface area (Å²) < 4.78 is 10.3. The molecule has 0 saturated carbocycles. The quantitative estimate of drug-likeness (QED) is 0.588. The molecule has 0 aromatic heterocycles. The van der Waals surface area contributed by atoms with E-state index in [1.54, 1.807) is 0 Å². The molecular weight excluding hydrogens is 398 g/mol. The smallest absolute Gasteiger partial charge is 0.408 e. The van der Waals surface area contributed by atoms with Gasteiger partial charge in [0.1, 0.15) is 12.6 Å². The van der Waals surface area contributed by atoms with Crippen LogP contribution in [0.1, 0.15) is 17.5 Å². The van der Waals surface area contributed by atoms with Crippen molar-refractivity contribution in [2.75, 3.05) is 20.2 Å². The normalized spacial score (nSPS) is 11.0. The van der Waals surface area contributed by atoms with Crippen LogP contribution in [0.15, 0.2) is 60.7 Å². The fourth-order valence-corrected chi connectivity index (χ4v) is 2.64. The van der Waals surface area contributed by atoms with Gasteiger partial charge in [0.15, 0.2) is 6.61 Å². The number of esters is 1. The van der Waals surface area contributed by atoms with Gasteiger partial charge in [-0.05, 0) is 11.1 Å². The number of alkyl carbamates (subject to hydrolysis) is 1. The van der Waals surface area contributed by atoms with Crippen molar-refractivity contribution in [3.63, 3.8) is 0 Å². The van der Waals surface area contributed by atoms with E-state index in [1.165, 1.54) is 11.9 Å². The van der Waals surface area contributed by atoms with Gasteiger partial charge < -0.3 is 19.7 Å². The van der Waals surface area contributed by atoms with Crippen LogP contribution < -0.4 is 5.32 Å². The van der Waals surface area contributed by atoms with Crippen molar-refractivity contribution in [3.8, 4) is 6.07 Å². The van der Waals surface area contributed by atoms with Crippen molar-refractivity contribution in [1.82, 2.24) is 10.2 Å². The predicted molar refractivity (Wildman–Crippen MR) is 113 cm³/mol. The lowest BCUT2D eigenvalue weighted by Gasteiger charge is -2.19. The summed E-state index contributed by atoms with van der Waals surface area (Å²) in [5.41, 5.74) is 1.62. The zero-order valence-electron chi connectivity index (χ0n) is 17.3. The fourth-order valence-electron chi connectivity index (χ4n) is 2.64. The molecule has 0 spiro atoms. The lowest BCUT2D eigenvalue weighted by atomic mass is 10.1. The third-order valence-corrected chi connectivity index (χ3v) is 4.39. The summed E-state index contributed by atoms with van der Waals surface area (Å²) in [5.74, 6) is -1.18. The average molecular weight is 423 g/mol. The highest BCUT2D eigenvalue weighted by atomic mass is 16.6. The topological polar surface area (TPSA) is 109 Å². The van der Waals surface area contributed by atoms with Crippen molar-refractivity contribution in [1.29, 1.82) is 5.26 Å².